The summed E-state index contributed by atoms with van der Waals surface area (Å²) in [5.74, 6) is 0. The molecular weight excluding hydrogens is 252 g/mol. The Balaban J connectivity index is 2.30. The first kappa shape index (κ1) is 13.6. The van der Waals surface area contributed by atoms with Gasteiger partial charge in [-0.05, 0) is 24.6 Å². The van der Waals surface area contributed by atoms with E-state index in [4.69, 9.17) is 18.0 Å². The molecule has 0 radical (unpaired) electrons. The summed E-state index contributed by atoms with van der Waals surface area (Å²) >= 11 is 5.13. The Kier molecular flexibility index (Phi) is 4.53. The lowest BCUT2D eigenvalue weighted by atomic mass is 10.1. The van der Waals surface area contributed by atoms with Gasteiger partial charge >= 0.3 is 0 Å². The van der Waals surface area contributed by atoms with Crippen LogP contribution in [0.25, 0.3) is 0 Å². The van der Waals surface area contributed by atoms with Crippen LogP contribution in [0.4, 0.5) is 5.69 Å². The molecule has 19 heavy (non-hydrogen) atoms. The van der Waals surface area contributed by atoms with Crippen molar-refractivity contribution in [2.45, 2.75) is 13.5 Å². The van der Waals surface area contributed by atoms with E-state index in [0.29, 0.717) is 4.99 Å². The average Bonchev–Trinajstić information content (AvgIpc) is 2.46. The summed E-state index contributed by atoms with van der Waals surface area (Å²) < 4.78 is 0. The number of rotatable bonds is 5. The summed E-state index contributed by atoms with van der Waals surface area (Å²) in [4.78, 5) is 2.73. The van der Waals surface area contributed by atoms with Crippen LogP contribution >= 0.6 is 12.2 Å². The molecule has 0 aliphatic rings. The first-order valence-corrected chi connectivity index (χ1v) is 6.81. The first-order valence-electron chi connectivity index (χ1n) is 6.40. The third-order valence-corrected chi connectivity index (χ3v) is 3.33. The summed E-state index contributed by atoms with van der Waals surface area (Å²) in [6.45, 7) is 3.91. The minimum atomic E-state index is 0.446. The van der Waals surface area contributed by atoms with Crippen molar-refractivity contribution in [2.75, 3.05) is 11.4 Å². The fraction of sp³-hybridized carbons (Fsp3) is 0.188. The molecule has 0 atom stereocenters. The van der Waals surface area contributed by atoms with Crippen molar-refractivity contribution in [3.05, 3.63) is 65.7 Å². The zero-order chi connectivity index (χ0) is 13.7. The van der Waals surface area contributed by atoms with Crippen molar-refractivity contribution in [1.29, 1.82) is 0 Å². The largest absolute Gasteiger partial charge is 0.389 e. The number of hydrogen-bond donors (Lipinski definition) is 1. The normalized spacial score (nSPS) is 10.2. The minimum Gasteiger partial charge on any atom is -0.389 e. The van der Waals surface area contributed by atoms with Crippen molar-refractivity contribution in [3.8, 4) is 0 Å². The van der Waals surface area contributed by atoms with E-state index in [1.165, 1.54) is 5.56 Å². The molecule has 0 saturated carbocycles. The Labute approximate surface area is 119 Å². The van der Waals surface area contributed by atoms with Crippen molar-refractivity contribution in [1.82, 2.24) is 0 Å². The molecule has 98 valence electrons. The third kappa shape index (κ3) is 3.32. The highest BCUT2D eigenvalue weighted by molar-refractivity contribution is 7.80. The van der Waals surface area contributed by atoms with Gasteiger partial charge in [0.2, 0.25) is 0 Å². The summed E-state index contributed by atoms with van der Waals surface area (Å²) in [5, 5.41) is 0. The number of para-hydroxylation sites is 1. The third-order valence-electron chi connectivity index (χ3n) is 3.11. The zero-order valence-electron chi connectivity index (χ0n) is 11.0. The monoisotopic (exact) mass is 270 g/mol. The van der Waals surface area contributed by atoms with Crippen molar-refractivity contribution < 1.29 is 0 Å². The topological polar surface area (TPSA) is 29.3 Å². The highest BCUT2D eigenvalue weighted by atomic mass is 32.1. The zero-order valence-corrected chi connectivity index (χ0v) is 11.9. The van der Waals surface area contributed by atoms with E-state index in [-0.39, 0.29) is 0 Å². The van der Waals surface area contributed by atoms with Gasteiger partial charge in [0.05, 0.1) is 0 Å². The second kappa shape index (κ2) is 6.34. The van der Waals surface area contributed by atoms with E-state index in [0.717, 1.165) is 24.3 Å². The maximum Gasteiger partial charge on any atom is 0.106 e. The van der Waals surface area contributed by atoms with Crippen LogP contribution in [-0.4, -0.2) is 11.5 Å². The number of nitrogens with zero attached hydrogens (tertiary/aromatic N) is 1. The molecule has 2 N–H and O–H groups in total. The smallest absolute Gasteiger partial charge is 0.106 e. The Morgan fingerprint density at radius 1 is 1.05 bits per heavy atom. The Bertz CT molecular complexity index is 552. The first-order chi connectivity index (χ1) is 9.22. The fourth-order valence-corrected chi connectivity index (χ4v) is 2.30. The van der Waals surface area contributed by atoms with Crippen molar-refractivity contribution in [2.24, 2.45) is 5.73 Å². The quantitative estimate of drug-likeness (QED) is 0.845. The van der Waals surface area contributed by atoms with Crippen molar-refractivity contribution >= 4 is 22.9 Å². The van der Waals surface area contributed by atoms with Crippen LogP contribution in [0.3, 0.4) is 0 Å². The van der Waals surface area contributed by atoms with Crippen LogP contribution < -0.4 is 10.6 Å². The van der Waals surface area contributed by atoms with Crippen LogP contribution in [0.5, 0.6) is 0 Å². The van der Waals surface area contributed by atoms with Gasteiger partial charge < -0.3 is 10.6 Å². The molecule has 0 aliphatic carbocycles. The minimum absolute atomic E-state index is 0.446. The summed E-state index contributed by atoms with van der Waals surface area (Å²) in [7, 11) is 0. The number of thiocarbonyl (C=S) groups is 1. The maximum atomic E-state index is 5.81. The highest BCUT2D eigenvalue weighted by Crippen LogP contribution is 2.22. The average molecular weight is 270 g/mol. The number of anilines is 1. The lowest BCUT2D eigenvalue weighted by Crippen LogP contribution is -2.25. The number of hydrogen-bond acceptors (Lipinski definition) is 2. The van der Waals surface area contributed by atoms with Gasteiger partial charge in [-0.15, -0.1) is 0 Å². The molecule has 0 unspecified atom stereocenters. The second-order valence-electron chi connectivity index (χ2n) is 4.38. The maximum absolute atomic E-state index is 5.81. The SMILES string of the molecule is CCN(Cc1ccccc1)c1ccccc1C(N)=S. The summed E-state index contributed by atoms with van der Waals surface area (Å²) in [6, 6.07) is 18.4. The molecule has 2 rings (SSSR count). The molecule has 0 saturated heterocycles. The van der Waals surface area contributed by atoms with E-state index in [1.54, 1.807) is 0 Å². The molecule has 0 fully saturated rings. The molecular formula is C16H18N2S. The molecule has 0 heterocycles. The van der Waals surface area contributed by atoms with Gasteiger partial charge in [-0.25, -0.2) is 0 Å². The van der Waals surface area contributed by atoms with Gasteiger partial charge in [0.15, 0.2) is 0 Å². The van der Waals surface area contributed by atoms with E-state index in [9.17, 15) is 0 Å². The molecule has 0 aliphatic heterocycles. The van der Waals surface area contributed by atoms with Crippen LogP contribution in [0, 0.1) is 0 Å². The number of benzene rings is 2. The predicted octanol–water partition coefficient (Wildman–Crippen LogP) is 3.35. The molecule has 0 aromatic heterocycles. The Morgan fingerprint density at radius 3 is 2.32 bits per heavy atom. The highest BCUT2D eigenvalue weighted by Gasteiger charge is 2.11. The van der Waals surface area contributed by atoms with Gasteiger partial charge in [-0.1, -0.05) is 54.7 Å². The van der Waals surface area contributed by atoms with Crippen LogP contribution in [0.15, 0.2) is 54.6 Å². The van der Waals surface area contributed by atoms with Gasteiger partial charge in [0.1, 0.15) is 4.99 Å². The van der Waals surface area contributed by atoms with E-state index >= 15 is 0 Å². The summed E-state index contributed by atoms with van der Waals surface area (Å²) in [5.41, 5.74) is 9.12. The molecule has 0 amide bonds. The standard InChI is InChI=1S/C16H18N2S/c1-2-18(12-13-8-4-3-5-9-13)15-11-7-6-10-14(15)16(17)19/h3-11H,2,12H2,1H3,(H2,17,19). The molecule has 2 nitrogen and oxygen atoms in total. The second-order valence-corrected chi connectivity index (χ2v) is 4.82. The number of nitrogens with two attached hydrogens (primary N) is 1. The molecule has 2 aromatic carbocycles. The van der Waals surface area contributed by atoms with Crippen LogP contribution in [-0.2, 0) is 6.54 Å². The van der Waals surface area contributed by atoms with Gasteiger partial charge in [-0.2, -0.15) is 0 Å². The lowest BCUT2D eigenvalue weighted by molar-refractivity contribution is 0.831. The lowest BCUT2D eigenvalue weighted by Gasteiger charge is -2.25. The Morgan fingerprint density at radius 2 is 1.68 bits per heavy atom. The predicted molar refractivity (Wildman–Crippen MR) is 85.5 cm³/mol. The van der Waals surface area contributed by atoms with E-state index < -0.39 is 0 Å². The van der Waals surface area contributed by atoms with E-state index in [1.807, 2.05) is 24.3 Å². The molecule has 0 spiro atoms. The van der Waals surface area contributed by atoms with Crippen molar-refractivity contribution in [3.63, 3.8) is 0 Å². The summed E-state index contributed by atoms with van der Waals surface area (Å²) in [6.07, 6.45) is 0. The van der Waals surface area contributed by atoms with Gasteiger partial charge in [0.25, 0.3) is 0 Å². The fourth-order valence-electron chi connectivity index (χ4n) is 2.13. The van der Waals surface area contributed by atoms with Gasteiger partial charge in [0, 0.05) is 24.3 Å². The van der Waals surface area contributed by atoms with E-state index in [2.05, 4.69) is 42.2 Å². The molecule has 2 aromatic rings. The molecule has 3 heteroatoms. The van der Waals surface area contributed by atoms with Crippen LogP contribution in [0.1, 0.15) is 18.1 Å². The Hall–Kier alpha value is -1.87. The molecule has 0 bridgehead atoms. The van der Waals surface area contributed by atoms with Crippen LogP contribution in [0.2, 0.25) is 0 Å². The van der Waals surface area contributed by atoms with Gasteiger partial charge in [-0.3, -0.25) is 0 Å².